The minimum atomic E-state index is -0.343. The van der Waals surface area contributed by atoms with Gasteiger partial charge in [-0.05, 0) is 31.2 Å². The van der Waals surface area contributed by atoms with E-state index in [0.29, 0.717) is 35.6 Å². The number of anilines is 1. The molecule has 0 aliphatic carbocycles. The Balaban J connectivity index is 1.77. The number of Topliss-reactive ketones (excluding diaryl/α,β-unsaturated/α-hetero) is 1. The van der Waals surface area contributed by atoms with E-state index in [-0.39, 0.29) is 23.9 Å². The van der Waals surface area contributed by atoms with Crippen molar-refractivity contribution in [3.63, 3.8) is 0 Å². The number of carbonyl (C=O) groups is 1. The lowest BCUT2D eigenvalue weighted by Gasteiger charge is -2.31. The third-order valence-electron chi connectivity index (χ3n) is 5.02. The molecule has 1 aliphatic heterocycles. The van der Waals surface area contributed by atoms with E-state index in [1.54, 1.807) is 24.6 Å². The summed E-state index contributed by atoms with van der Waals surface area (Å²) in [5, 5.41) is 7.79. The van der Waals surface area contributed by atoms with Crippen LogP contribution in [0.15, 0.2) is 27.8 Å². The van der Waals surface area contributed by atoms with Crippen molar-refractivity contribution in [2.24, 2.45) is 5.73 Å². The maximum atomic E-state index is 13.2. The van der Waals surface area contributed by atoms with Crippen molar-refractivity contribution in [2.45, 2.75) is 38.9 Å². The summed E-state index contributed by atoms with van der Waals surface area (Å²) >= 11 is 1.44. The summed E-state index contributed by atoms with van der Waals surface area (Å²) in [5.41, 5.74) is 7.29. The molecule has 0 amide bonds. The zero-order chi connectivity index (χ0) is 20.4. The largest absolute Gasteiger partial charge is 0.341 e. The highest BCUT2D eigenvalue weighted by molar-refractivity contribution is 7.08. The average Bonchev–Trinajstić information content (AvgIpc) is 3.37. The Morgan fingerprint density at radius 1 is 1.45 bits per heavy atom. The fraction of sp³-hybridized carbons (Fsp3) is 0.400. The van der Waals surface area contributed by atoms with Crippen LogP contribution >= 0.6 is 11.3 Å². The number of carbonyl (C=O) groups excluding carboxylic acids is 1. The number of hydrogen-bond donors (Lipinski definition) is 1. The van der Waals surface area contributed by atoms with E-state index in [4.69, 9.17) is 5.73 Å². The molecule has 0 bridgehead atoms. The first-order chi connectivity index (χ1) is 14.1. The molecule has 4 heterocycles. The van der Waals surface area contributed by atoms with Crippen LogP contribution in [0.25, 0.3) is 11.0 Å². The molecule has 1 saturated heterocycles. The molecule has 8 nitrogen and oxygen atoms in total. The number of piperidine rings is 1. The molecule has 0 saturated carbocycles. The van der Waals surface area contributed by atoms with E-state index in [0.717, 1.165) is 19.4 Å². The van der Waals surface area contributed by atoms with E-state index in [1.165, 1.54) is 16.0 Å². The minimum Gasteiger partial charge on any atom is -0.341 e. The average molecular weight is 411 g/mol. The second kappa shape index (κ2) is 8.19. The van der Waals surface area contributed by atoms with Crippen LogP contribution in [-0.4, -0.2) is 44.2 Å². The highest BCUT2D eigenvalue weighted by Gasteiger charge is 2.24. The summed E-state index contributed by atoms with van der Waals surface area (Å²) in [6, 6.07) is 1.82. The van der Waals surface area contributed by atoms with Crippen LogP contribution in [-0.2, 0) is 13.1 Å². The summed E-state index contributed by atoms with van der Waals surface area (Å²) in [5.74, 6) is 6.43. The monoisotopic (exact) mass is 410 g/mol. The van der Waals surface area contributed by atoms with Gasteiger partial charge in [0.25, 0.3) is 5.56 Å². The highest BCUT2D eigenvalue weighted by Crippen LogP contribution is 2.23. The molecule has 0 aromatic carbocycles. The van der Waals surface area contributed by atoms with Crippen LogP contribution in [0, 0.1) is 11.8 Å². The lowest BCUT2D eigenvalue weighted by atomic mass is 10.1. The van der Waals surface area contributed by atoms with Crippen LogP contribution in [0.2, 0.25) is 0 Å². The van der Waals surface area contributed by atoms with E-state index in [9.17, 15) is 9.59 Å². The van der Waals surface area contributed by atoms with E-state index >= 15 is 0 Å². The molecule has 0 spiro atoms. The van der Waals surface area contributed by atoms with Crippen LogP contribution in [0.4, 0.5) is 5.95 Å². The molecular formula is C20H22N6O2S. The quantitative estimate of drug-likeness (QED) is 0.505. The summed E-state index contributed by atoms with van der Waals surface area (Å²) < 4.78 is 3.02. The van der Waals surface area contributed by atoms with Gasteiger partial charge in [0.05, 0.1) is 12.7 Å². The summed E-state index contributed by atoms with van der Waals surface area (Å²) in [6.07, 6.45) is 3.49. The lowest BCUT2D eigenvalue weighted by Crippen LogP contribution is -2.44. The number of ketones is 1. The van der Waals surface area contributed by atoms with Crippen molar-refractivity contribution in [3.05, 3.63) is 38.9 Å². The maximum absolute atomic E-state index is 13.2. The maximum Gasteiger partial charge on any atom is 0.293 e. The zero-order valence-corrected chi connectivity index (χ0v) is 17.0. The van der Waals surface area contributed by atoms with Crippen LogP contribution < -0.4 is 16.2 Å². The first-order valence-electron chi connectivity index (χ1n) is 9.50. The Kier molecular flexibility index (Phi) is 5.47. The fourth-order valence-electron chi connectivity index (χ4n) is 3.58. The Labute approximate surface area is 171 Å². The second-order valence-electron chi connectivity index (χ2n) is 7.05. The summed E-state index contributed by atoms with van der Waals surface area (Å²) in [4.78, 5) is 32.4. The van der Waals surface area contributed by atoms with Crippen LogP contribution in [0.5, 0.6) is 0 Å². The highest BCUT2D eigenvalue weighted by atomic mass is 32.1. The number of thiophene rings is 1. The van der Waals surface area contributed by atoms with Crippen molar-refractivity contribution in [2.75, 3.05) is 18.0 Å². The van der Waals surface area contributed by atoms with Gasteiger partial charge in [-0.15, -0.1) is 5.92 Å². The van der Waals surface area contributed by atoms with Gasteiger partial charge in [0, 0.05) is 30.1 Å². The minimum absolute atomic E-state index is 0.0762. The summed E-state index contributed by atoms with van der Waals surface area (Å²) in [6.45, 7) is 3.50. The van der Waals surface area contributed by atoms with Gasteiger partial charge in [-0.2, -0.15) is 16.4 Å². The van der Waals surface area contributed by atoms with E-state index in [2.05, 4.69) is 26.8 Å². The smallest absolute Gasteiger partial charge is 0.293 e. The van der Waals surface area contributed by atoms with Crippen LogP contribution in [0.3, 0.4) is 0 Å². The molecule has 3 aromatic heterocycles. The number of nitrogens with two attached hydrogens (primary N) is 1. The molecule has 1 fully saturated rings. The molecule has 4 rings (SSSR count). The molecule has 3 aromatic rings. The standard InChI is InChI=1S/C20H22N6O2S/c1-2-3-8-25-18-16(23-20(25)24-7-4-5-15(21)11-24)10-22-26(19(18)28)12-17(27)14-6-9-29-13-14/h6,9-10,13,15H,4-5,7-8,11-12,21H2,1H3. The second-order valence-corrected chi connectivity index (χ2v) is 7.83. The number of aromatic nitrogens is 4. The van der Waals surface area contributed by atoms with Gasteiger partial charge in [-0.25, -0.2) is 9.67 Å². The zero-order valence-electron chi connectivity index (χ0n) is 16.2. The van der Waals surface area contributed by atoms with Gasteiger partial charge in [0.1, 0.15) is 17.6 Å². The molecule has 1 atom stereocenters. The molecule has 29 heavy (non-hydrogen) atoms. The van der Waals surface area contributed by atoms with E-state index in [1.807, 2.05) is 9.95 Å². The number of hydrogen-bond acceptors (Lipinski definition) is 7. The third kappa shape index (κ3) is 3.81. The van der Waals surface area contributed by atoms with Gasteiger partial charge >= 0.3 is 0 Å². The number of nitrogens with zero attached hydrogens (tertiary/aromatic N) is 5. The number of fused-ring (bicyclic) bond motifs is 1. The molecule has 2 N–H and O–H groups in total. The van der Waals surface area contributed by atoms with Crippen molar-refractivity contribution in [1.29, 1.82) is 0 Å². The molecule has 150 valence electrons. The van der Waals surface area contributed by atoms with Crippen molar-refractivity contribution < 1.29 is 4.79 Å². The first kappa shape index (κ1) is 19.4. The van der Waals surface area contributed by atoms with E-state index < -0.39 is 0 Å². The van der Waals surface area contributed by atoms with Crippen LogP contribution in [0.1, 0.15) is 30.1 Å². The molecule has 9 heteroatoms. The van der Waals surface area contributed by atoms with Gasteiger partial charge in [-0.3, -0.25) is 14.2 Å². The number of imidazole rings is 1. The Morgan fingerprint density at radius 3 is 3.03 bits per heavy atom. The predicted molar refractivity (Wildman–Crippen MR) is 113 cm³/mol. The third-order valence-corrected chi connectivity index (χ3v) is 5.71. The molecule has 0 radical (unpaired) electrons. The molecule has 1 aliphatic rings. The fourth-order valence-corrected chi connectivity index (χ4v) is 4.24. The SMILES string of the molecule is CC#CCn1c(N2CCCC(N)C2)nc2cnn(CC(=O)c3ccsc3)c(=O)c21. The van der Waals surface area contributed by atoms with Crippen molar-refractivity contribution in [3.8, 4) is 11.8 Å². The Hall–Kier alpha value is -2.96. The van der Waals surface area contributed by atoms with Crippen molar-refractivity contribution in [1.82, 2.24) is 19.3 Å². The van der Waals surface area contributed by atoms with Gasteiger partial charge in [0.2, 0.25) is 5.95 Å². The van der Waals surface area contributed by atoms with Gasteiger partial charge < -0.3 is 10.6 Å². The Bertz CT molecular complexity index is 1150. The van der Waals surface area contributed by atoms with Gasteiger partial charge in [-0.1, -0.05) is 5.92 Å². The summed E-state index contributed by atoms with van der Waals surface area (Å²) in [7, 11) is 0. The number of rotatable bonds is 5. The topological polar surface area (TPSA) is 99.0 Å². The first-order valence-corrected chi connectivity index (χ1v) is 10.4. The Morgan fingerprint density at radius 2 is 2.31 bits per heavy atom. The lowest BCUT2D eigenvalue weighted by molar-refractivity contribution is 0.0966. The molecule has 1 unspecified atom stereocenters. The van der Waals surface area contributed by atoms with Crippen molar-refractivity contribution >= 4 is 34.1 Å². The normalized spacial score (nSPS) is 16.6. The predicted octanol–water partition coefficient (Wildman–Crippen LogP) is 1.49. The molecular weight excluding hydrogens is 388 g/mol. The van der Waals surface area contributed by atoms with Gasteiger partial charge in [0.15, 0.2) is 5.78 Å².